The predicted octanol–water partition coefficient (Wildman–Crippen LogP) is 1.91. The van der Waals surface area contributed by atoms with Gasteiger partial charge in [0.15, 0.2) is 0 Å². The van der Waals surface area contributed by atoms with Crippen molar-refractivity contribution in [2.24, 2.45) is 5.92 Å². The van der Waals surface area contributed by atoms with Crippen LogP contribution in [-0.2, 0) is 4.79 Å². The maximum atomic E-state index is 12.4. The van der Waals surface area contributed by atoms with Crippen molar-refractivity contribution in [1.29, 1.82) is 0 Å². The van der Waals surface area contributed by atoms with Gasteiger partial charge < -0.3 is 9.80 Å². The molecule has 19 heavy (non-hydrogen) atoms. The fourth-order valence-electron chi connectivity index (χ4n) is 2.53. The van der Waals surface area contributed by atoms with Crippen LogP contribution in [0.5, 0.6) is 0 Å². The van der Waals surface area contributed by atoms with Gasteiger partial charge in [0.1, 0.15) is 0 Å². The largest absolute Gasteiger partial charge is 0.326 e. The molecule has 4 heteroatoms. The molecule has 0 radical (unpaired) electrons. The summed E-state index contributed by atoms with van der Waals surface area (Å²) in [6, 6.07) is 0.575. The summed E-state index contributed by atoms with van der Waals surface area (Å²) < 4.78 is 0. The zero-order valence-corrected chi connectivity index (χ0v) is 13.4. The highest BCUT2D eigenvalue weighted by Gasteiger charge is 2.38. The number of rotatable bonds is 7. The van der Waals surface area contributed by atoms with Crippen molar-refractivity contribution in [3.63, 3.8) is 0 Å². The standard InChI is InChI=1S/C15H31N3O/c1-7-13-16-14(11(2)3)15(19)18(13)10-8-9-17(6)12(4)5/h11-14,16H,7-10H2,1-6H3. The van der Waals surface area contributed by atoms with E-state index in [1.54, 1.807) is 0 Å². The van der Waals surface area contributed by atoms with E-state index in [4.69, 9.17) is 0 Å². The van der Waals surface area contributed by atoms with E-state index in [9.17, 15) is 4.79 Å². The maximum absolute atomic E-state index is 12.4. The van der Waals surface area contributed by atoms with Gasteiger partial charge in [-0.2, -0.15) is 0 Å². The van der Waals surface area contributed by atoms with E-state index >= 15 is 0 Å². The third-order valence-corrected chi connectivity index (χ3v) is 4.14. The van der Waals surface area contributed by atoms with E-state index in [0.29, 0.717) is 12.0 Å². The van der Waals surface area contributed by atoms with E-state index in [0.717, 1.165) is 25.9 Å². The molecular formula is C15H31N3O. The zero-order chi connectivity index (χ0) is 14.6. The van der Waals surface area contributed by atoms with Crippen LogP contribution in [0.15, 0.2) is 0 Å². The van der Waals surface area contributed by atoms with Crippen molar-refractivity contribution in [3.8, 4) is 0 Å². The smallest absolute Gasteiger partial charge is 0.241 e. The molecule has 1 rings (SSSR count). The van der Waals surface area contributed by atoms with Gasteiger partial charge in [0.25, 0.3) is 0 Å². The van der Waals surface area contributed by atoms with Crippen LogP contribution in [0.1, 0.15) is 47.5 Å². The fourth-order valence-corrected chi connectivity index (χ4v) is 2.53. The third-order valence-electron chi connectivity index (χ3n) is 4.14. The molecule has 1 aliphatic heterocycles. The molecule has 0 aromatic carbocycles. The summed E-state index contributed by atoms with van der Waals surface area (Å²) >= 11 is 0. The first-order valence-corrected chi connectivity index (χ1v) is 7.65. The summed E-state index contributed by atoms with van der Waals surface area (Å²) in [4.78, 5) is 16.7. The van der Waals surface area contributed by atoms with Crippen LogP contribution in [0, 0.1) is 5.92 Å². The molecule has 1 heterocycles. The van der Waals surface area contributed by atoms with Crippen LogP contribution in [0.2, 0.25) is 0 Å². The number of carbonyl (C=O) groups excluding carboxylic acids is 1. The maximum Gasteiger partial charge on any atom is 0.241 e. The quantitative estimate of drug-likeness (QED) is 0.767. The average molecular weight is 269 g/mol. The second kappa shape index (κ2) is 7.25. The molecule has 2 atom stereocenters. The normalized spacial score (nSPS) is 24.3. The first kappa shape index (κ1) is 16.4. The lowest BCUT2D eigenvalue weighted by Crippen LogP contribution is -2.39. The molecule has 0 saturated carbocycles. The molecule has 0 spiro atoms. The topological polar surface area (TPSA) is 35.6 Å². The number of hydrogen-bond acceptors (Lipinski definition) is 3. The second-order valence-electron chi connectivity index (χ2n) is 6.27. The Hall–Kier alpha value is -0.610. The third kappa shape index (κ3) is 4.18. The number of carbonyl (C=O) groups is 1. The number of amides is 1. The van der Waals surface area contributed by atoms with Gasteiger partial charge in [-0.1, -0.05) is 20.8 Å². The molecule has 4 nitrogen and oxygen atoms in total. The zero-order valence-electron chi connectivity index (χ0n) is 13.4. The highest BCUT2D eigenvalue weighted by Crippen LogP contribution is 2.19. The van der Waals surface area contributed by atoms with Crippen LogP contribution in [0.25, 0.3) is 0 Å². The molecule has 0 bridgehead atoms. The van der Waals surface area contributed by atoms with Crippen LogP contribution < -0.4 is 5.32 Å². The summed E-state index contributed by atoms with van der Waals surface area (Å²) in [5.74, 6) is 0.652. The van der Waals surface area contributed by atoms with E-state index in [1.807, 2.05) is 4.90 Å². The first-order valence-electron chi connectivity index (χ1n) is 7.65. The van der Waals surface area contributed by atoms with E-state index in [1.165, 1.54) is 0 Å². The lowest BCUT2D eigenvalue weighted by molar-refractivity contribution is -0.130. The summed E-state index contributed by atoms with van der Waals surface area (Å²) in [5, 5.41) is 3.46. The molecular weight excluding hydrogens is 238 g/mol. The van der Waals surface area contributed by atoms with Gasteiger partial charge in [-0.15, -0.1) is 0 Å². The van der Waals surface area contributed by atoms with Gasteiger partial charge >= 0.3 is 0 Å². The molecule has 1 fully saturated rings. The minimum Gasteiger partial charge on any atom is -0.326 e. The van der Waals surface area contributed by atoms with E-state index in [2.05, 4.69) is 51.9 Å². The number of hydrogen-bond donors (Lipinski definition) is 1. The Morgan fingerprint density at radius 2 is 1.95 bits per heavy atom. The second-order valence-corrected chi connectivity index (χ2v) is 6.27. The molecule has 0 aliphatic carbocycles. The summed E-state index contributed by atoms with van der Waals surface area (Å²) in [7, 11) is 2.14. The van der Waals surface area contributed by atoms with Gasteiger partial charge in [-0.05, 0) is 46.2 Å². The van der Waals surface area contributed by atoms with Crippen LogP contribution in [0.3, 0.4) is 0 Å². The molecule has 2 unspecified atom stereocenters. The van der Waals surface area contributed by atoms with Gasteiger partial charge in [0.05, 0.1) is 12.2 Å². The minimum atomic E-state index is 0.00720. The van der Waals surface area contributed by atoms with Crippen molar-refractivity contribution in [2.45, 2.75) is 65.7 Å². The van der Waals surface area contributed by atoms with Crippen LogP contribution >= 0.6 is 0 Å². The van der Waals surface area contributed by atoms with Gasteiger partial charge in [0, 0.05) is 12.6 Å². The Morgan fingerprint density at radius 3 is 2.42 bits per heavy atom. The molecule has 1 amide bonds. The average Bonchev–Trinajstić information content (AvgIpc) is 2.66. The fraction of sp³-hybridized carbons (Fsp3) is 0.933. The Kier molecular flexibility index (Phi) is 6.27. The molecule has 1 aliphatic rings. The molecule has 1 saturated heterocycles. The first-order chi connectivity index (χ1) is 8.88. The molecule has 0 aromatic heterocycles. The van der Waals surface area contributed by atoms with E-state index < -0.39 is 0 Å². The van der Waals surface area contributed by atoms with Crippen molar-refractivity contribution in [1.82, 2.24) is 15.1 Å². The van der Waals surface area contributed by atoms with Crippen molar-refractivity contribution < 1.29 is 4.79 Å². The van der Waals surface area contributed by atoms with Gasteiger partial charge in [0.2, 0.25) is 5.91 Å². The van der Waals surface area contributed by atoms with Gasteiger partial charge in [-0.25, -0.2) is 0 Å². The van der Waals surface area contributed by atoms with Crippen molar-refractivity contribution >= 4 is 5.91 Å². The lowest BCUT2D eigenvalue weighted by atomic mass is 10.1. The van der Waals surface area contributed by atoms with Gasteiger partial charge in [-0.3, -0.25) is 10.1 Å². The summed E-state index contributed by atoms with van der Waals surface area (Å²) in [6.45, 7) is 12.7. The molecule has 1 N–H and O–H groups in total. The molecule has 0 aromatic rings. The lowest BCUT2D eigenvalue weighted by Gasteiger charge is -2.26. The van der Waals surface area contributed by atoms with Crippen LogP contribution in [0.4, 0.5) is 0 Å². The molecule has 112 valence electrons. The SMILES string of the molecule is CCC1NC(C(C)C)C(=O)N1CCCN(C)C(C)C. The van der Waals surface area contributed by atoms with Crippen LogP contribution in [-0.4, -0.2) is 54.1 Å². The monoisotopic (exact) mass is 269 g/mol. The Morgan fingerprint density at radius 1 is 1.32 bits per heavy atom. The number of nitrogens with one attached hydrogen (secondary N) is 1. The Bertz CT molecular complexity index is 291. The van der Waals surface area contributed by atoms with Crippen molar-refractivity contribution in [3.05, 3.63) is 0 Å². The summed E-state index contributed by atoms with van der Waals surface area (Å²) in [6.07, 6.45) is 2.25. The Labute approximate surface area is 118 Å². The minimum absolute atomic E-state index is 0.00720. The highest BCUT2D eigenvalue weighted by atomic mass is 16.2. The highest BCUT2D eigenvalue weighted by molar-refractivity contribution is 5.84. The predicted molar refractivity (Wildman–Crippen MR) is 79.9 cm³/mol. The number of nitrogens with zero attached hydrogens (tertiary/aromatic N) is 2. The van der Waals surface area contributed by atoms with Crippen molar-refractivity contribution in [2.75, 3.05) is 20.1 Å². The summed E-state index contributed by atoms with van der Waals surface area (Å²) in [5.41, 5.74) is 0. The Balaban J connectivity index is 2.49. The van der Waals surface area contributed by atoms with E-state index in [-0.39, 0.29) is 18.1 Å².